The molecule has 5 rings (SSSR count). The molecule has 2 aliphatic rings. The molecule has 36 heavy (non-hydrogen) atoms. The van der Waals surface area contributed by atoms with Gasteiger partial charge in [-0.15, -0.1) is 0 Å². The second kappa shape index (κ2) is 9.93. The number of aliphatic hydroxyl groups is 1. The molecule has 1 saturated heterocycles. The van der Waals surface area contributed by atoms with Crippen molar-refractivity contribution in [3.05, 3.63) is 29.7 Å². The van der Waals surface area contributed by atoms with Gasteiger partial charge >= 0.3 is 0 Å². The quantitative estimate of drug-likeness (QED) is 0.377. The van der Waals surface area contributed by atoms with Gasteiger partial charge in [0.15, 0.2) is 11.4 Å². The average Bonchev–Trinajstić information content (AvgIpc) is 3.47. The van der Waals surface area contributed by atoms with Crippen LogP contribution in [0.1, 0.15) is 38.6 Å². The van der Waals surface area contributed by atoms with E-state index in [0.717, 1.165) is 22.3 Å². The first kappa shape index (κ1) is 24.9. The number of ether oxygens (including phenoxy) is 3. The SMILES string of the molecule is CCOCCNc1nc(C)c(-c2cc3cc(C)ncc3o2)c(N[C@@H]2C[C@H](CO)[C@H]3OC(C)(C)O[C@H]32)n1. The zero-order valence-electron chi connectivity index (χ0n) is 21.5. The Hall–Kier alpha value is -2.79. The molecule has 2 fully saturated rings. The monoisotopic (exact) mass is 497 g/mol. The lowest BCUT2D eigenvalue weighted by Crippen LogP contribution is -2.35. The van der Waals surface area contributed by atoms with E-state index in [-0.39, 0.29) is 30.8 Å². The minimum absolute atomic E-state index is 0.0234. The maximum absolute atomic E-state index is 10.0. The predicted molar refractivity (Wildman–Crippen MR) is 136 cm³/mol. The van der Waals surface area contributed by atoms with Crippen molar-refractivity contribution in [3.63, 3.8) is 0 Å². The molecule has 0 radical (unpaired) electrons. The van der Waals surface area contributed by atoms with E-state index >= 15 is 0 Å². The van der Waals surface area contributed by atoms with Gasteiger partial charge in [-0.2, -0.15) is 4.98 Å². The summed E-state index contributed by atoms with van der Waals surface area (Å²) in [6.07, 6.45) is 2.04. The van der Waals surface area contributed by atoms with Crippen LogP contribution in [0.4, 0.5) is 11.8 Å². The van der Waals surface area contributed by atoms with Crippen molar-refractivity contribution in [3.8, 4) is 11.3 Å². The van der Waals surface area contributed by atoms with Crippen LogP contribution in [0.2, 0.25) is 0 Å². The van der Waals surface area contributed by atoms with Crippen molar-refractivity contribution in [1.82, 2.24) is 15.0 Å². The number of pyridine rings is 1. The number of nitrogens with zero attached hydrogens (tertiary/aromatic N) is 3. The first-order valence-corrected chi connectivity index (χ1v) is 12.6. The lowest BCUT2D eigenvalue weighted by molar-refractivity contribution is -0.158. The number of hydrogen-bond acceptors (Lipinski definition) is 10. The number of aryl methyl sites for hydroxylation is 2. The smallest absolute Gasteiger partial charge is 0.224 e. The van der Waals surface area contributed by atoms with E-state index < -0.39 is 5.79 Å². The Morgan fingerprint density at radius 3 is 2.75 bits per heavy atom. The van der Waals surface area contributed by atoms with Crippen molar-refractivity contribution in [2.75, 3.05) is 37.0 Å². The van der Waals surface area contributed by atoms with Gasteiger partial charge in [0.25, 0.3) is 0 Å². The van der Waals surface area contributed by atoms with Gasteiger partial charge in [-0.25, -0.2) is 4.98 Å². The van der Waals surface area contributed by atoms with E-state index in [9.17, 15) is 5.11 Å². The molecular weight excluding hydrogens is 462 g/mol. The van der Waals surface area contributed by atoms with Crippen LogP contribution >= 0.6 is 0 Å². The third-order valence-corrected chi connectivity index (χ3v) is 6.75. The number of nitrogens with one attached hydrogen (secondary N) is 2. The first-order valence-electron chi connectivity index (χ1n) is 12.6. The topological polar surface area (TPSA) is 124 Å². The van der Waals surface area contributed by atoms with Gasteiger partial charge in [0.2, 0.25) is 5.95 Å². The standard InChI is InChI=1S/C26H35N5O5/c1-6-33-8-7-27-25-29-15(3)21(19-11-16-9-14(2)28-12-20(16)34-19)24(31-25)30-18-10-17(13-32)22-23(18)36-26(4,5)35-22/h9,11-12,17-18,22-23,32H,6-8,10,13H2,1-5H3,(H2,27,29,30,31)/t17-,18-,22-,23+/m1/s1. The van der Waals surface area contributed by atoms with Gasteiger partial charge in [0.05, 0.1) is 36.2 Å². The predicted octanol–water partition coefficient (Wildman–Crippen LogP) is 3.66. The molecule has 194 valence electrons. The molecule has 3 aromatic rings. The molecule has 1 saturated carbocycles. The largest absolute Gasteiger partial charge is 0.454 e. The normalized spacial score (nSPS) is 24.8. The lowest BCUT2D eigenvalue weighted by Gasteiger charge is -2.25. The maximum Gasteiger partial charge on any atom is 0.224 e. The molecule has 0 amide bonds. The Balaban J connectivity index is 1.51. The fraction of sp³-hybridized carbons (Fsp3) is 0.577. The number of hydrogen-bond donors (Lipinski definition) is 3. The molecule has 0 bridgehead atoms. The van der Waals surface area contributed by atoms with Crippen LogP contribution in [0.15, 0.2) is 22.7 Å². The van der Waals surface area contributed by atoms with Crippen molar-refractivity contribution in [2.45, 2.75) is 65.1 Å². The third-order valence-electron chi connectivity index (χ3n) is 6.75. The van der Waals surface area contributed by atoms with Crippen molar-refractivity contribution >= 4 is 22.7 Å². The fourth-order valence-corrected chi connectivity index (χ4v) is 5.19. The van der Waals surface area contributed by atoms with Gasteiger partial charge < -0.3 is 34.4 Å². The second-order valence-electron chi connectivity index (χ2n) is 9.95. The molecule has 0 unspecified atom stereocenters. The van der Waals surface area contributed by atoms with Crippen LogP contribution in [0.5, 0.6) is 0 Å². The van der Waals surface area contributed by atoms with Crippen LogP contribution in [-0.4, -0.2) is 70.5 Å². The van der Waals surface area contributed by atoms with Gasteiger partial charge in [-0.05, 0) is 53.2 Å². The summed E-state index contributed by atoms with van der Waals surface area (Å²) in [5.74, 6) is 1.08. The van der Waals surface area contributed by atoms with E-state index in [4.69, 9.17) is 28.6 Å². The molecule has 10 nitrogen and oxygen atoms in total. The molecule has 4 atom stereocenters. The summed E-state index contributed by atoms with van der Waals surface area (Å²) < 4.78 is 24.0. The van der Waals surface area contributed by atoms with Gasteiger partial charge in [-0.1, -0.05) is 0 Å². The Labute approximate surface area is 210 Å². The summed E-state index contributed by atoms with van der Waals surface area (Å²) in [7, 11) is 0. The van der Waals surface area contributed by atoms with Crippen LogP contribution < -0.4 is 10.6 Å². The van der Waals surface area contributed by atoms with Gasteiger partial charge in [0.1, 0.15) is 17.7 Å². The zero-order valence-corrected chi connectivity index (χ0v) is 21.5. The summed E-state index contributed by atoms with van der Waals surface area (Å²) in [5.41, 5.74) is 3.17. The van der Waals surface area contributed by atoms with Crippen LogP contribution in [0.3, 0.4) is 0 Å². The average molecular weight is 498 g/mol. The number of anilines is 2. The summed E-state index contributed by atoms with van der Waals surface area (Å²) in [6.45, 7) is 11.5. The highest BCUT2D eigenvalue weighted by atomic mass is 16.8. The molecule has 0 aromatic carbocycles. The van der Waals surface area contributed by atoms with Gasteiger partial charge in [-0.3, -0.25) is 4.98 Å². The molecule has 0 spiro atoms. The highest BCUT2D eigenvalue weighted by molar-refractivity contribution is 5.86. The van der Waals surface area contributed by atoms with Crippen molar-refractivity contribution in [2.24, 2.45) is 5.92 Å². The minimum atomic E-state index is -0.705. The minimum Gasteiger partial charge on any atom is -0.454 e. The first-order chi connectivity index (χ1) is 17.3. The Kier molecular flexibility index (Phi) is 6.86. The van der Waals surface area contributed by atoms with E-state index in [2.05, 4.69) is 15.6 Å². The summed E-state index contributed by atoms with van der Waals surface area (Å²) >= 11 is 0. The number of furan rings is 1. The molecule has 1 aliphatic carbocycles. The molecule has 3 aromatic heterocycles. The van der Waals surface area contributed by atoms with Crippen LogP contribution in [-0.2, 0) is 14.2 Å². The number of fused-ring (bicyclic) bond motifs is 2. The molecule has 1 aliphatic heterocycles. The van der Waals surface area contributed by atoms with E-state index in [1.165, 1.54) is 0 Å². The summed E-state index contributed by atoms with van der Waals surface area (Å²) in [5, 5.41) is 17.8. The van der Waals surface area contributed by atoms with E-state index in [0.29, 0.717) is 49.3 Å². The second-order valence-corrected chi connectivity index (χ2v) is 9.95. The van der Waals surface area contributed by atoms with E-state index in [1.54, 1.807) is 6.20 Å². The summed E-state index contributed by atoms with van der Waals surface area (Å²) in [4.78, 5) is 13.9. The molecular formula is C26H35N5O5. The van der Waals surface area contributed by atoms with Crippen LogP contribution in [0.25, 0.3) is 22.3 Å². The highest BCUT2D eigenvalue weighted by Crippen LogP contribution is 2.43. The zero-order chi connectivity index (χ0) is 25.4. The molecule has 4 heterocycles. The van der Waals surface area contributed by atoms with Crippen LogP contribution in [0, 0.1) is 19.8 Å². The van der Waals surface area contributed by atoms with E-state index in [1.807, 2.05) is 46.8 Å². The summed E-state index contributed by atoms with van der Waals surface area (Å²) in [6, 6.07) is 3.88. The Morgan fingerprint density at radius 1 is 1.17 bits per heavy atom. The lowest BCUT2D eigenvalue weighted by atomic mass is 10.1. The van der Waals surface area contributed by atoms with Crippen molar-refractivity contribution in [1.29, 1.82) is 0 Å². The maximum atomic E-state index is 10.0. The van der Waals surface area contributed by atoms with Gasteiger partial charge in [0, 0.05) is 36.8 Å². The number of aliphatic hydroxyl groups excluding tert-OH is 1. The Bertz CT molecular complexity index is 1230. The number of aromatic nitrogens is 3. The third kappa shape index (κ3) is 4.90. The number of rotatable bonds is 9. The molecule has 3 N–H and O–H groups in total. The highest BCUT2D eigenvalue weighted by Gasteiger charge is 2.54. The Morgan fingerprint density at radius 2 is 1.97 bits per heavy atom. The fourth-order valence-electron chi connectivity index (χ4n) is 5.19. The van der Waals surface area contributed by atoms with Crippen molar-refractivity contribution < 1.29 is 23.7 Å². The molecule has 10 heteroatoms.